The Morgan fingerprint density at radius 2 is 2.05 bits per heavy atom. The van der Waals surface area contributed by atoms with Crippen LogP contribution >= 0.6 is 12.2 Å². The SMILES string of the molecule is N#Cc1c(N)[nH]c(=S)c(C#N)c1-c1ccc(OCCO)cn1. The number of rotatable bonds is 4. The number of anilines is 1. The van der Waals surface area contributed by atoms with E-state index in [4.69, 9.17) is 27.8 Å². The van der Waals surface area contributed by atoms with Crippen molar-refractivity contribution in [2.45, 2.75) is 0 Å². The molecule has 0 fully saturated rings. The predicted octanol–water partition coefficient (Wildman–Crippen LogP) is 1.50. The van der Waals surface area contributed by atoms with Crippen molar-refractivity contribution in [3.8, 4) is 29.1 Å². The number of aliphatic hydroxyl groups is 1. The van der Waals surface area contributed by atoms with Crippen molar-refractivity contribution in [1.29, 1.82) is 10.5 Å². The van der Waals surface area contributed by atoms with Crippen molar-refractivity contribution in [2.75, 3.05) is 18.9 Å². The van der Waals surface area contributed by atoms with Crippen LogP contribution in [0.5, 0.6) is 5.75 Å². The van der Waals surface area contributed by atoms with Crippen molar-refractivity contribution in [2.24, 2.45) is 0 Å². The smallest absolute Gasteiger partial charge is 0.137 e. The number of nitrogens with zero attached hydrogens (tertiary/aromatic N) is 3. The van der Waals surface area contributed by atoms with Gasteiger partial charge in [-0.25, -0.2) is 0 Å². The molecule has 0 bridgehead atoms. The molecule has 7 nitrogen and oxygen atoms in total. The number of nitrogen functional groups attached to an aromatic ring is 1. The molecule has 0 unspecified atom stereocenters. The molecule has 22 heavy (non-hydrogen) atoms. The molecule has 0 atom stereocenters. The Bertz CT molecular complexity index is 831. The number of aliphatic hydroxyl groups excluding tert-OH is 1. The lowest BCUT2D eigenvalue weighted by Crippen LogP contribution is -2.04. The molecule has 4 N–H and O–H groups in total. The van der Waals surface area contributed by atoms with E-state index in [1.54, 1.807) is 12.1 Å². The molecule has 8 heteroatoms. The second kappa shape index (κ2) is 6.68. The average Bonchev–Trinajstić information content (AvgIpc) is 2.53. The van der Waals surface area contributed by atoms with Crippen molar-refractivity contribution in [3.05, 3.63) is 34.1 Å². The quantitative estimate of drug-likeness (QED) is 0.729. The van der Waals surface area contributed by atoms with Crippen LogP contribution in [0, 0.1) is 27.3 Å². The standard InChI is InChI=1S/C14H11N5O2S/c15-5-9-12(10(6-16)14(22)19-13(9)17)11-2-1-8(7-18-11)21-4-3-20/h1-2,7,20H,3-4H2,(H3,17,19,22). The molecule has 2 aromatic heterocycles. The molecule has 110 valence electrons. The first kappa shape index (κ1) is 15.4. The number of nitriles is 2. The van der Waals surface area contributed by atoms with Gasteiger partial charge in [-0.05, 0) is 12.1 Å². The number of ether oxygens (including phenoxy) is 1. The van der Waals surface area contributed by atoms with E-state index < -0.39 is 0 Å². The van der Waals surface area contributed by atoms with E-state index in [9.17, 15) is 10.5 Å². The largest absolute Gasteiger partial charge is 0.490 e. The fraction of sp³-hybridized carbons (Fsp3) is 0.143. The Balaban J connectivity index is 2.60. The van der Waals surface area contributed by atoms with Crippen molar-refractivity contribution in [3.63, 3.8) is 0 Å². The molecule has 2 aromatic rings. The molecule has 0 aliphatic carbocycles. The van der Waals surface area contributed by atoms with Gasteiger partial charge in [-0.1, -0.05) is 12.2 Å². The summed E-state index contributed by atoms with van der Waals surface area (Å²) in [5.41, 5.74) is 6.68. The van der Waals surface area contributed by atoms with Crippen LogP contribution in [-0.4, -0.2) is 28.3 Å². The number of aromatic amines is 1. The Labute approximate surface area is 131 Å². The first-order valence-electron chi connectivity index (χ1n) is 6.18. The van der Waals surface area contributed by atoms with Crippen LogP contribution in [0.3, 0.4) is 0 Å². The molecule has 0 saturated carbocycles. The van der Waals surface area contributed by atoms with Crippen LogP contribution in [-0.2, 0) is 0 Å². The van der Waals surface area contributed by atoms with Crippen molar-refractivity contribution >= 4 is 18.0 Å². The van der Waals surface area contributed by atoms with Gasteiger partial charge in [-0.15, -0.1) is 0 Å². The van der Waals surface area contributed by atoms with Gasteiger partial charge in [-0.3, -0.25) is 4.98 Å². The predicted molar refractivity (Wildman–Crippen MR) is 81.3 cm³/mol. The summed E-state index contributed by atoms with van der Waals surface area (Å²) in [6.45, 7) is 0.0424. The second-order valence-electron chi connectivity index (χ2n) is 4.17. The minimum atomic E-state index is -0.108. The van der Waals surface area contributed by atoms with Gasteiger partial charge in [0.1, 0.15) is 40.5 Å². The Hall–Kier alpha value is -2.94. The van der Waals surface area contributed by atoms with Gasteiger partial charge >= 0.3 is 0 Å². The maximum Gasteiger partial charge on any atom is 0.137 e. The Morgan fingerprint density at radius 1 is 1.32 bits per heavy atom. The van der Waals surface area contributed by atoms with Crippen LogP contribution < -0.4 is 10.5 Å². The van der Waals surface area contributed by atoms with E-state index in [2.05, 4.69) is 9.97 Å². The van der Waals surface area contributed by atoms with E-state index >= 15 is 0 Å². The zero-order valence-electron chi connectivity index (χ0n) is 11.3. The molecule has 0 aromatic carbocycles. The fourth-order valence-corrected chi connectivity index (χ4v) is 2.13. The van der Waals surface area contributed by atoms with E-state index in [1.165, 1.54) is 6.20 Å². The van der Waals surface area contributed by atoms with Crippen molar-refractivity contribution in [1.82, 2.24) is 9.97 Å². The lowest BCUT2D eigenvalue weighted by atomic mass is 10.0. The normalized spacial score (nSPS) is 9.77. The number of nitrogens with one attached hydrogen (secondary N) is 1. The van der Waals surface area contributed by atoms with Gasteiger partial charge < -0.3 is 20.6 Å². The minimum absolute atomic E-state index is 0.0870. The van der Waals surface area contributed by atoms with Gasteiger partial charge in [0.25, 0.3) is 0 Å². The van der Waals surface area contributed by atoms with Gasteiger partial charge in [0.2, 0.25) is 0 Å². The third-order valence-corrected chi connectivity index (χ3v) is 3.13. The summed E-state index contributed by atoms with van der Waals surface area (Å²) in [6, 6.07) is 7.14. The fourth-order valence-electron chi connectivity index (χ4n) is 1.88. The summed E-state index contributed by atoms with van der Waals surface area (Å²) in [6.07, 6.45) is 1.43. The molecule has 0 radical (unpaired) electrons. The summed E-state index contributed by atoms with van der Waals surface area (Å²) in [4.78, 5) is 6.80. The minimum Gasteiger partial charge on any atom is -0.490 e. The van der Waals surface area contributed by atoms with Crippen LogP contribution in [0.1, 0.15) is 11.1 Å². The molecule has 0 amide bonds. The third kappa shape index (κ3) is 2.88. The van der Waals surface area contributed by atoms with Crippen LogP contribution in [0.15, 0.2) is 18.3 Å². The van der Waals surface area contributed by atoms with Gasteiger partial charge in [0.15, 0.2) is 0 Å². The molecule has 2 rings (SSSR count). The lowest BCUT2D eigenvalue weighted by molar-refractivity contribution is 0.201. The van der Waals surface area contributed by atoms with Crippen molar-refractivity contribution < 1.29 is 9.84 Å². The second-order valence-corrected chi connectivity index (χ2v) is 4.58. The highest BCUT2D eigenvalue weighted by atomic mass is 32.1. The lowest BCUT2D eigenvalue weighted by Gasteiger charge is -2.10. The summed E-state index contributed by atoms with van der Waals surface area (Å²) >= 11 is 5.07. The molecule has 2 heterocycles. The summed E-state index contributed by atoms with van der Waals surface area (Å²) < 4.78 is 5.36. The van der Waals surface area contributed by atoms with E-state index in [0.717, 1.165) is 0 Å². The van der Waals surface area contributed by atoms with Crippen LogP contribution in [0.2, 0.25) is 0 Å². The summed E-state index contributed by atoms with van der Waals surface area (Å²) in [7, 11) is 0. The molecule has 0 aliphatic heterocycles. The van der Waals surface area contributed by atoms with Crippen LogP contribution in [0.4, 0.5) is 5.82 Å². The maximum absolute atomic E-state index is 9.28. The third-order valence-electron chi connectivity index (χ3n) is 2.82. The highest BCUT2D eigenvalue weighted by molar-refractivity contribution is 7.71. The molecule has 0 spiro atoms. The monoisotopic (exact) mass is 313 g/mol. The number of nitrogens with two attached hydrogens (primary N) is 1. The molecule has 0 aliphatic rings. The molecular formula is C14H11N5O2S. The van der Waals surface area contributed by atoms with E-state index in [1.807, 2.05) is 12.1 Å². The number of pyridine rings is 2. The zero-order chi connectivity index (χ0) is 16.1. The first-order valence-corrected chi connectivity index (χ1v) is 6.59. The van der Waals surface area contributed by atoms with E-state index in [-0.39, 0.29) is 34.8 Å². The zero-order valence-corrected chi connectivity index (χ0v) is 12.1. The first-order chi connectivity index (χ1) is 10.6. The topological polar surface area (TPSA) is 132 Å². The number of hydrogen-bond acceptors (Lipinski definition) is 7. The average molecular weight is 313 g/mol. The van der Waals surface area contributed by atoms with Gasteiger partial charge in [-0.2, -0.15) is 10.5 Å². The summed E-state index contributed by atoms with van der Waals surface area (Å²) in [5.74, 6) is 0.549. The highest BCUT2D eigenvalue weighted by Crippen LogP contribution is 2.29. The van der Waals surface area contributed by atoms with Gasteiger partial charge in [0, 0.05) is 5.56 Å². The van der Waals surface area contributed by atoms with Crippen LogP contribution in [0.25, 0.3) is 11.3 Å². The Kier molecular flexibility index (Phi) is 4.69. The number of aromatic nitrogens is 2. The number of H-pyrrole nitrogens is 1. The number of hydrogen-bond donors (Lipinski definition) is 3. The van der Waals surface area contributed by atoms with Gasteiger partial charge in [0.05, 0.1) is 24.1 Å². The van der Waals surface area contributed by atoms with E-state index in [0.29, 0.717) is 17.0 Å². The summed E-state index contributed by atoms with van der Waals surface area (Å²) in [5, 5.41) is 27.3. The highest BCUT2D eigenvalue weighted by Gasteiger charge is 2.17. The Morgan fingerprint density at radius 3 is 2.59 bits per heavy atom. The molecule has 0 saturated heterocycles. The molecular weight excluding hydrogens is 302 g/mol. The maximum atomic E-state index is 9.28.